The quantitative estimate of drug-likeness (QED) is 0.0149. The van der Waals surface area contributed by atoms with Gasteiger partial charge in [-0.2, -0.15) is 11.8 Å². The maximum absolute atomic E-state index is 13.0. The zero-order valence-electron chi connectivity index (χ0n) is 33.0. The Hall–Kier alpha value is -5.23. The van der Waals surface area contributed by atoms with Crippen LogP contribution in [-0.2, 0) is 43.2 Å². The SMILES string of the molecule is C[C@H](NC(=O)[C@H](CCC(=O)O)NC(=O)C(CCCO)CC(=O)NO)C(=O)NCC(=O)NCC(=O)N[C@@H](CCCCNC(=O)CCCC[C@@H]1SC[C@@H]2NC(=O)N[C@@H]21)C(N)=O. The summed E-state index contributed by atoms with van der Waals surface area (Å²) >= 11 is 1.82. The number of carboxylic acid groups (broad SMARTS) is 1. The van der Waals surface area contributed by atoms with Crippen LogP contribution in [0.15, 0.2) is 0 Å². The van der Waals surface area contributed by atoms with Gasteiger partial charge in [0.1, 0.15) is 18.1 Å². The first-order valence-corrected chi connectivity index (χ1v) is 20.5. The lowest BCUT2D eigenvalue weighted by molar-refractivity contribution is -0.139. The predicted molar refractivity (Wildman–Crippen MR) is 209 cm³/mol. The predicted octanol–water partition coefficient (Wildman–Crippen LogP) is -3.66. The van der Waals surface area contributed by atoms with Gasteiger partial charge in [-0.1, -0.05) is 6.42 Å². The largest absolute Gasteiger partial charge is 0.481 e. The van der Waals surface area contributed by atoms with Gasteiger partial charge in [0.25, 0.3) is 0 Å². The molecule has 0 aromatic carbocycles. The fraction of sp³-hybridized carbons (Fsp3) is 0.714. The van der Waals surface area contributed by atoms with Crippen molar-refractivity contribution < 1.29 is 63.4 Å². The van der Waals surface area contributed by atoms with E-state index in [1.54, 1.807) is 0 Å². The number of thioether (sulfide) groups is 1. The van der Waals surface area contributed by atoms with Crippen LogP contribution in [0.2, 0.25) is 0 Å². The lowest BCUT2D eigenvalue weighted by Crippen LogP contribution is -2.54. The third-order valence-corrected chi connectivity index (χ3v) is 11.0. The minimum Gasteiger partial charge on any atom is -0.481 e. The number of unbranched alkanes of at least 4 members (excludes halogenated alkanes) is 2. The molecule has 2 fully saturated rings. The Morgan fingerprint density at radius 1 is 0.763 bits per heavy atom. The van der Waals surface area contributed by atoms with Crippen LogP contribution < -0.4 is 53.7 Å². The van der Waals surface area contributed by atoms with Crippen LogP contribution in [0.5, 0.6) is 0 Å². The number of hydroxylamine groups is 1. The number of aliphatic hydroxyl groups is 1. The molecular weight excluding hydrogens is 801 g/mol. The van der Waals surface area contributed by atoms with Crippen molar-refractivity contribution in [1.82, 2.24) is 48.0 Å². The Bertz CT molecular complexity index is 1510. The zero-order chi connectivity index (χ0) is 43.9. The summed E-state index contributed by atoms with van der Waals surface area (Å²) in [4.78, 5) is 122. The standard InChI is InChI=1S/C35H58N10O13S/c1-19(40-34(56)22(11-12-29(51)52)42-33(55)20(7-6-14-46)15-26(48)45-58)32(54)39-16-27(49)38-17-28(50)41-21(31(36)53)8-4-5-13-37-25(47)10-3-2-9-24-30-23(18-59-24)43-35(57)44-30/h19-24,30,46,58H,2-18H2,1H3,(H2,36,53)(H,37,47)(H,38,49)(H,39,54)(H,40,56)(H,41,50)(H,42,55)(H,45,48)(H,51,52)(H2,43,44,57)/t19-,20?,21-,22-,23-,24-,30-/m0/s1. The summed E-state index contributed by atoms with van der Waals surface area (Å²) in [5, 5.41) is 47.7. The van der Waals surface area contributed by atoms with Gasteiger partial charge in [0.15, 0.2) is 0 Å². The van der Waals surface area contributed by atoms with Gasteiger partial charge in [0.2, 0.25) is 47.3 Å². The van der Waals surface area contributed by atoms with Crippen LogP contribution in [0.4, 0.5) is 4.79 Å². The van der Waals surface area contributed by atoms with Gasteiger partial charge < -0.3 is 58.5 Å². The highest BCUT2D eigenvalue weighted by atomic mass is 32.2. The maximum atomic E-state index is 13.0. The number of rotatable bonds is 29. The Kier molecular flexibility index (Phi) is 22.6. The summed E-state index contributed by atoms with van der Waals surface area (Å²) in [6.45, 7) is 0.138. The molecule has 332 valence electrons. The fourth-order valence-corrected chi connectivity index (χ4v) is 7.84. The van der Waals surface area contributed by atoms with Crippen LogP contribution in [0, 0.1) is 5.92 Å². The van der Waals surface area contributed by atoms with Gasteiger partial charge in [0, 0.05) is 49.3 Å². The number of urea groups is 1. The van der Waals surface area contributed by atoms with E-state index in [1.165, 1.54) is 12.4 Å². The Labute approximate surface area is 344 Å². The van der Waals surface area contributed by atoms with Crippen molar-refractivity contribution >= 4 is 71.0 Å². The van der Waals surface area contributed by atoms with Gasteiger partial charge in [-0.15, -0.1) is 0 Å². The highest BCUT2D eigenvalue weighted by molar-refractivity contribution is 8.00. The van der Waals surface area contributed by atoms with Crippen LogP contribution in [0.3, 0.4) is 0 Å². The van der Waals surface area contributed by atoms with E-state index in [9.17, 15) is 47.9 Å². The molecule has 59 heavy (non-hydrogen) atoms. The second kappa shape index (κ2) is 26.7. The fourth-order valence-electron chi connectivity index (χ4n) is 6.30. The van der Waals surface area contributed by atoms with E-state index >= 15 is 0 Å². The van der Waals surface area contributed by atoms with Crippen molar-refractivity contribution in [2.75, 3.05) is 32.0 Å². The van der Waals surface area contributed by atoms with Gasteiger partial charge in [-0.25, -0.2) is 10.3 Å². The summed E-state index contributed by atoms with van der Waals surface area (Å²) in [6, 6.07) is -3.62. The number of hydrogen-bond donors (Lipinski definition) is 13. The molecule has 0 bridgehead atoms. The van der Waals surface area contributed by atoms with E-state index in [0.717, 1.165) is 18.6 Å². The number of carboxylic acids is 1. The summed E-state index contributed by atoms with van der Waals surface area (Å²) in [6.07, 6.45) is 2.69. The molecule has 0 aromatic heterocycles. The number of aliphatic carboxylic acids is 1. The lowest BCUT2D eigenvalue weighted by atomic mass is 9.97. The van der Waals surface area contributed by atoms with E-state index in [-0.39, 0.29) is 56.3 Å². The Morgan fingerprint density at radius 3 is 2.17 bits per heavy atom. The summed E-state index contributed by atoms with van der Waals surface area (Å²) in [5.74, 6) is -7.41. The first-order valence-electron chi connectivity index (χ1n) is 19.5. The van der Waals surface area contributed by atoms with Crippen molar-refractivity contribution in [3.05, 3.63) is 0 Å². The molecule has 0 spiro atoms. The van der Waals surface area contributed by atoms with E-state index in [1.807, 2.05) is 11.8 Å². The van der Waals surface area contributed by atoms with Gasteiger partial charge >= 0.3 is 12.0 Å². The summed E-state index contributed by atoms with van der Waals surface area (Å²) in [5.41, 5.74) is 6.82. The molecule has 2 saturated heterocycles. The third kappa shape index (κ3) is 19.4. The van der Waals surface area contributed by atoms with Gasteiger partial charge in [-0.3, -0.25) is 48.4 Å². The van der Waals surface area contributed by atoms with E-state index in [2.05, 4.69) is 42.5 Å². The van der Waals surface area contributed by atoms with E-state index < -0.39 is 97.3 Å². The maximum Gasteiger partial charge on any atom is 0.315 e. The minimum absolute atomic E-state index is 0.00565. The molecule has 0 aliphatic carbocycles. The molecule has 0 aromatic rings. The number of carbonyl (C=O) groups excluding carboxylic acids is 9. The number of amides is 10. The molecule has 24 heteroatoms. The molecule has 7 atom stereocenters. The van der Waals surface area contributed by atoms with Crippen LogP contribution >= 0.6 is 11.8 Å². The van der Waals surface area contributed by atoms with Crippen molar-refractivity contribution in [1.29, 1.82) is 0 Å². The number of primary amides is 1. The molecule has 23 nitrogen and oxygen atoms in total. The molecule has 10 amide bonds. The van der Waals surface area contributed by atoms with E-state index in [4.69, 9.17) is 21.2 Å². The van der Waals surface area contributed by atoms with Gasteiger partial charge in [0.05, 0.1) is 25.2 Å². The second-order valence-corrected chi connectivity index (χ2v) is 15.5. The number of fused-ring (bicyclic) bond motifs is 1. The van der Waals surface area contributed by atoms with Crippen molar-refractivity contribution in [2.24, 2.45) is 11.7 Å². The Morgan fingerprint density at radius 2 is 1.49 bits per heavy atom. The third-order valence-electron chi connectivity index (χ3n) is 9.54. The average Bonchev–Trinajstić information content (AvgIpc) is 3.75. The van der Waals surface area contributed by atoms with Crippen LogP contribution in [0.25, 0.3) is 0 Å². The Balaban J connectivity index is 1.67. The summed E-state index contributed by atoms with van der Waals surface area (Å²) < 4.78 is 0. The first kappa shape index (κ1) is 49.9. The molecule has 1 unspecified atom stereocenters. The summed E-state index contributed by atoms with van der Waals surface area (Å²) in [7, 11) is 0. The van der Waals surface area contributed by atoms with Crippen molar-refractivity contribution in [3.63, 3.8) is 0 Å². The molecule has 14 N–H and O–H groups in total. The van der Waals surface area contributed by atoms with Crippen molar-refractivity contribution in [2.45, 2.75) is 119 Å². The minimum atomic E-state index is -1.45. The topological polar surface area (TPSA) is 366 Å². The number of carbonyl (C=O) groups is 10. The van der Waals surface area contributed by atoms with Crippen molar-refractivity contribution in [3.8, 4) is 0 Å². The normalized spacial score (nSPS) is 18.6. The van der Waals surface area contributed by atoms with E-state index in [0.29, 0.717) is 37.5 Å². The molecule has 2 rings (SSSR count). The highest BCUT2D eigenvalue weighted by Gasteiger charge is 2.42. The lowest BCUT2D eigenvalue weighted by Gasteiger charge is -2.23. The molecule has 0 radical (unpaired) electrons. The average molecular weight is 859 g/mol. The second-order valence-electron chi connectivity index (χ2n) is 14.3. The molecule has 2 aliphatic rings. The number of aliphatic hydroxyl groups excluding tert-OH is 1. The number of hydrogen-bond acceptors (Lipinski definition) is 13. The van der Waals surface area contributed by atoms with Gasteiger partial charge in [-0.05, 0) is 58.3 Å². The smallest absolute Gasteiger partial charge is 0.315 e. The monoisotopic (exact) mass is 858 g/mol. The van der Waals surface area contributed by atoms with Crippen LogP contribution in [0.1, 0.15) is 84.0 Å². The zero-order valence-corrected chi connectivity index (χ0v) is 33.8. The molecule has 2 heterocycles. The number of nitrogens with two attached hydrogens (primary N) is 1. The van der Waals surface area contributed by atoms with Crippen LogP contribution in [-0.4, -0.2) is 142 Å². The first-order chi connectivity index (χ1) is 28.0. The molecule has 0 saturated carbocycles. The highest BCUT2D eigenvalue weighted by Crippen LogP contribution is 2.33. The number of nitrogens with one attached hydrogen (secondary N) is 9. The molecule has 2 aliphatic heterocycles. The molecular formula is C35H58N10O13S.